The fourth-order valence-electron chi connectivity index (χ4n) is 0.504. The minimum atomic E-state index is -0.0174. The van der Waals surface area contributed by atoms with Crippen LogP contribution in [0.4, 0.5) is 0 Å². The van der Waals surface area contributed by atoms with Crippen molar-refractivity contribution in [3.05, 3.63) is 0 Å². The predicted molar refractivity (Wildman–Crippen MR) is 36.2 cm³/mol. The molecule has 0 N–H and O–H groups in total. The zero-order valence-corrected chi connectivity index (χ0v) is 5.88. The Bertz CT molecular complexity index is 164. The van der Waals surface area contributed by atoms with Crippen molar-refractivity contribution in [2.24, 2.45) is 10.4 Å². The first-order valence-corrected chi connectivity index (χ1v) is 2.88. The van der Waals surface area contributed by atoms with Crippen molar-refractivity contribution in [2.75, 3.05) is 0 Å². The Morgan fingerprint density at radius 2 is 2.22 bits per heavy atom. The molecule has 0 aromatic rings. The van der Waals surface area contributed by atoms with Gasteiger partial charge in [0.1, 0.15) is 0 Å². The molecule has 3 nitrogen and oxygen atoms in total. The molecule has 1 rings (SSSR count). The molecule has 0 bridgehead atoms. The molecule has 0 unspecified atom stereocenters. The van der Waals surface area contributed by atoms with Crippen molar-refractivity contribution < 1.29 is 4.84 Å². The summed E-state index contributed by atoms with van der Waals surface area (Å²) in [6.07, 6.45) is 1.42. The van der Waals surface area contributed by atoms with Crippen LogP contribution < -0.4 is 5.16 Å². The highest BCUT2D eigenvalue weighted by Gasteiger charge is 2.30. The van der Waals surface area contributed by atoms with Gasteiger partial charge in [0, 0.05) is 0 Å². The molecule has 0 saturated heterocycles. The Hall–Kier alpha value is -0.860. The second kappa shape index (κ2) is 1.83. The van der Waals surface area contributed by atoms with Gasteiger partial charge in [-0.1, -0.05) is 0 Å². The van der Waals surface area contributed by atoms with Crippen LogP contribution in [0.15, 0.2) is 4.99 Å². The van der Waals surface area contributed by atoms with E-state index in [1.807, 2.05) is 20.8 Å². The molecular formula is C6H10N2O+. The highest BCUT2D eigenvalue weighted by Crippen LogP contribution is 2.16. The summed E-state index contributed by atoms with van der Waals surface area (Å²) in [6, 6.07) is 0. The third kappa shape index (κ3) is 1.28. The summed E-state index contributed by atoms with van der Waals surface area (Å²) in [6.45, 7) is 6.08. The maximum atomic E-state index is 4.84. The van der Waals surface area contributed by atoms with Crippen LogP contribution in [0.5, 0.6) is 0 Å². The van der Waals surface area contributed by atoms with Gasteiger partial charge in [0.2, 0.25) is 0 Å². The number of hydrogen-bond acceptors (Lipinski definition) is 3. The van der Waals surface area contributed by atoms with Gasteiger partial charge < -0.3 is 0 Å². The Morgan fingerprint density at radius 3 is 2.44 bits per heavy atom. The molecule has 0 atom stereocenters. The molecule has 9 heavy (non-hydrogen) atoms. The summed E-state index contributed by atoms with van der Waals surface area (Å²) in [5, 5.41) is 3.50. The molecule has 1 aliphatic rings. The van der Waals surface area contributed by atoms with E-state index < -0.39 is 0 Å². The summed E-state index contributed by atoms with van der Waals surface area (Å²) in [4.78, 5) is 8.75. The molecule has 3 heteroatoms. The fraction of sp³-hybridized carbons (Fsp3) is 0.667. The minimum Gasteiger partial charge on any atom is -0.213 e. The van der Waals surface area contributed by atoms with Gasteiger partial charge in [-0.3, -0.25) is 0 Å². The van der Waals surface area contributed by atoms with Gasteiger partial charge in [0.15, 0.2) is 5.16 Å². The summed E-state index contributed by atoms with van der Waals surface area (Å²) in [5.41, 5.74) is -0.0174. The van der Waals surface area contributed by atoms with Crippen LogP contribution in [0.3, 0.4) is 0 Å². The van der Waals surface area contributed by atoms with Crippen LogP contribution in [-0.4, -0.2) is 12.2 Å². The zero-order chi connectivity index (χ0) is 6.91. The molecule has 0 saturated carbocycles. The lowest BCUT2D eigenvalue weighted by Gasteiger charge is -2.08. The van der Waals surface area contributed by atoms with E-state index in [0.29, 0.717) is 5.90 Å². The number of rotatable bonds is 0. The van der Waals surface area contributed by atoms with E-state index in [4.69, 9.17) is 4.84 Å². The van der Waals surface area contributed by atoms with Crippen molar-refractivity contribution in [2.45, 2.75) is 20.8 Å². The zero-order valence-electron chi connectivity index (χ0n) is 5.88. The number of hydrogen-bond donors (Lipinski definition) is 0. The van der Waals surface area contributed by atoms with Crippen LogP contribution in [0, 0.1) is 5.41 Å². The maximum absolute atomic E-state index is 4.84. The van der Waals surface area contributed by atoms with Crippen LogP contribution in [0.25, 0.3) is 0 Å². The molecule has 1 heterocycles. The lowest BCUT2D eigenvalue weighted by molar-refractivity contribution is 0.242. The summed E-state index contributed by atoms with van der Waals surface area (Å²) in [5.74, 6) is 0.683. The topological polar surface area (TPSA) is 35.7 Å². The van der Waals surface area contributed by atoms with Crippen molar-refractivity contribution in [1.29, 1.82) is 0 Å². The van der Waals surface area contributed by atoms with Crippen LogP contribution in [0.1, 0.15) is 20.8 Å². The summed E-state index contributed by atoms with van der Waals surface area (Å²) < 4.78 is 0. The van der Waals surface area contributed by atoms with Gasteiger partial charge in [-0.05, 0) is 25.8 Å². The Balaban J connectivity index is 2.66. The third-order valence-electron chi connectivity index (χ3n) is 1.00. The molecule has 49 valence electrons. The predicted octanol–water partition coefficient (Wildman–Crippen LogP) is 0.740. The smallest absolute Gasteiger partial charge is 0.213 e. The molecule has 0 amide bonds. The Labute approximate surface area is 54.4 Å². The van der Waals surface area contributed by atoms with E-state index in [0.717, 1.165) is 0 Å². The second-order valence-electron chi connectivity index (χ2n) is 3.00. The molecule has 1 radical (unpaired) electrons. The normalized spacial score (nSPS) is 17.4. The molecule has 0 aliphatic carbocycles. The Kier molecular flexibility index (Phi) is 1.27. The number of nitrogens with zero attached hydrogens (tertiary/aromatic N) is 2. The van der Waals surface area contributed by atoms with Crippen molar-refractivity contribution in [3.8, 4) is 0 Å². The number of aliphatic imine (C=N–C) groups is 1. The van der Waals surface area contributed by atoms with Crippen LogP contribution >= 0.6 is 0 Å². The molecular weight excluding hydrogens is 116 g/mol. The maximum Gasteiger partial charge on any atom is 0.378 e. The molecule has 0 fully saturated rings. The monoisotopic (exact) mass is 126 g/mol. The largest absolute Gasteiger partial charge is 0.378 e. The van der Waals surface area contributed by atoms with E-state index in [-0.39, 0.29) is 5.41 Å². The van der Waals surface area contributed by atoms with Gasteiger partial charge in [0.05, 0.1) is 5.41 Å². The van der Waals surface area contributed by atoms with Gasteiger partial charge >= 0.3 is 12.2 Å². The molecule has 0 spiro atoms. The van der Waals surface area contributed by atoms with E-state index >= 15 is 0 Å². The number of oxime groups is 1. The van der Waals surface area contributed by atoms with E-state index in [1.165, 1.54) is 6.34 Å². The molecule has 0 aromatic carbocycles. The third-order valence-corrected chi connectivity index (χ3v) is 1.00. The molecule has 1 aliphatic heterocycles. The fourth-order valence-corrected chi connectivity index (χ4v) is 0.504. The van der Waals surface area contributed by atoms with Gasteiger partial charge in [0.25, 0.3) is 0 Å². The summed E-state index contributed by atoms with van der Waals surface area (Å²) in [7, 11) is 0. The average molecular weight is 126 g/mol. The van der Waals surface area contributed by atoms with Crippen molar-refractivity contribution in [1.82, 2.24) is 5.16 Å². The van der Waals surface area contributed by atoms with E-state index in [9.17, 15) is 0 Å². The van der Waals surface area contributed by atoms with Gasteiger partial charge in [-0.25, -0.2) is 4.84 Å². The summed E-state index contributed by atoms with van der Waals surface area (Å²) >= 11 is 0. The SMILES string of the molecule is CC(C)(C)C1=NC=[N+]O1. The highest BCUT2D eigenvalue weighted by atomic mass is 16.6. The van der Waals surface area contributed by atoms with Crippen molar-refractivity contribution in [3.63, 3.8) is 0 Å². The Morgan fingerprint density at radius 1 is 1.56 bits per heavy atom. The first kappa shape index (κ1) is 6.26. The lowest BCUT2D eigenvalue weighted by atomic mass is 9.97. The van der Waals surface area contributed by atoms with E-state index in [2.05, 4.69) is 10.1 Å². The van der Waals surface area contributed by atoms with Gasteiger partial charge in [-0.2, -0.15) is 0 Å². The quantitative estimate of drug-likeness (QED) is 0.471. The first-order valence-electron chi connectivity index (χ1n) is 2.88. The van der Waals surface area contributed by atoms with Crippen LogP contribution in [0.2, 0.25) is 0 Å². The van der Waals surface area contributed by atoms with Crippen LogP contribution in [-0.2, 0) is 4.84 Å². The highest BCUT2D eigenvalue weighted by molar-refractivity contribution is 5.90. The average Bonchev–Trinajstić information content (AvgIpc) is 2.08. The van der Waals surface area contributed by atoms with Crippen molar-refractivity contribution >= 4 is 12.2 Å². The van der Waals surface area contributed by atoms with Gasteiger partial charge in [-0.15, -0.1) is 0 Å². The lowest BCUT2D eigenvalue weighted by Crippen LogP contribution is -2.20. The molecule has 0 aromatic heterocycles. The minimum absolute atomic E-state index is 0.0174. The standard InChI is InChI=1S/C6H10N2O/c1-6(2,3)5-7-4-8-9-5/h4H,1-3H3/q+1. The first-order chi connectivity index (χ1) is 4.11. The second-order valence-corrected chi connectivity index (χ2v) is 3.00. The van der Waals surface area contributed by atoms with E-state index in [1.54, 1.807) is 0 Å².